The first kappa shape index (κ1) is 24.8. The molecular weight excluding hydrogens is 506 g/mol. The Balaban J connectivity index is 1.27. The number of benzene rings is 4. The van der Waals surface area contributed by atoms with Gasteiger partial charge in [0.15, 0.2) is 5.58 Å². The fourth-order valence-electron chi connectivity index (χ4n) is 3.70. The molecule has 0 spiro atoms. The summed E-state index contributed by atoms with van der Waals surface area (Å²) in [7, 11) is 0. The maximum atomic E-state index is 12.5. The van der Waals surface area contributed by atoms with Crippen molar-refractivity contribution in [2.45, 2.75) is 0 Å². The van der Waals surface area contributed by atoms with Gasteiger partial charge in [0.2, 0.25) is 5.89 Å². The molecule has 0 atom stereocenters. The number of nitro groups is 2. The van der Waals surface area contributed by atoms with Crippen molar-refractivity contribution >= 4 is 45.7 Å². The maximum Gasteiger partial charge on any atom is 0.269 e. The van der Waals surface area contributed by atoms with E-state index in [9.17, 15) is 29.8 Å². The molecule has 12 heteroatoms. The van der Waals surface area contributed by atoms with Gasteiger partial charge >= 0.3 is 0 Å². The van der Waals surface area contributed by atoms with E-state index >= 15 is 0 Å². The predicted molar refractivity (Wildman–Crippen MR) is 142 cm³/mol. The molecule has 4 aromatic carbocycles. The van der Waals surface area contributed by atoms with Gasteiger partial charge in [-0.25, -0.2) is 4.98 Å². The third-order valence-electron chi connectivity index (χ3n) is 5.72. The predicted octanol–water partition coefficient (Wildman–Crippen LogP) is 5.82. The number of rotatable bonds is 7. The van der Waals surface area contributed by atoms with E-state index in [4.69, 9.17) is 4.42 Å². The van der Waals surface area contributed by atoms with Gasteiger partial charge in [-0.15, -0.1) is 0 Å². The molecule has 0 saturated heterocycles. The van der Waals surface area contributed by atoms with Crippen LogP contribution in [0.1, 0.15) is 20.7 Å². The molecule has 0 radical (unpaired) electrons. The van der Waals surface area contributed by atoms with E-state index < -0.39 is 21.7 Å². The smallest absolute Gasteiger partial charge is 0.269 e. The topological polar surface area (TPSA) is 171 Å². The molecule has 2 N–H and O–H groups in total. The second-order valence-electron chi connectivity index (χ2n) is 8.30. The molecule has 1 aromatic heterocycles. The summed E-state index contributed by atoms with van der Waals surface area (Å²) in [4.78, 5) is 49.9. The van der Waals surface area contributed by atoms with E-state index in [1.54, 1.807) is 42.5 Å². The first-order valence-electron chi connectivity index (χ1n) is 11.4. The number of anilines is 2. The summed E-state index contributed by atoms with van der Waals surface area (Å²) >= 11 is 0. The number of hydrogen-bond donors (Lipinski definition) is 2. The van der Waals surface area contributed by atoms with Gasteiger partial charge in [-0.05, 0) is 66.7 Å². The Hall–Kier alpha value is -5.91. The lowest BCUT2D eigenvalue weighted by Gasteiger charge is -2.05. The van der Waals surface area contributed by atoms with Gasteiger partial charge < -0.3 is 15.1 Å². The van der Waals surface area contributed by atoms with Crippen molar-refractivity contribution in [3.05, 3.63) is 122 Å². The Labute approximate surface area is 219 Å². The first-order chi connectivity index (χ1) is 18.8. The lowest BCUT2D eigenvalue weighted by molar-refractivity contribution is -0.385. The van der Waals surface area contributed by atoms with Crippen LogP contribution in [0.5, 0.6) is 0 Å². The van der Waals surface area contributed by atoms with Crippen LogP contribution in [0.3, 0.4) is 0 Å². The van der Waals surface area contributed by atoms with E-state index in [2.05, 4.69) is 15.6 Å². The zero-order valence-electron chi connectivity index (χ0n) is 19.9. The molecule has 39 heavy (non-hydrogen) atoms. The summed E-state index contributed by atoms with van der Waals surface area (Å²) < 4.78 is 5.83. The molecule has 2 amide bonds. The van der Waals surface area contributed by atoms with Crippen molar-refractivity contribution in [3.8, 4) is 11.5 Å². The number of nitro benzene ring substituents is 2. The molecule has 0 unspecified atom stereocenters. The average Bonchev–Trinajstić information content (AvgIpc) is 3.37. The number of fused-ring (bicyclic) bond motifs is 1. The van der Waals surface area contributed by atoms with Crippen LogP contribution in [0.15, 0.2) is 95.4 Å². The normalized spacial score (nSPS) is 10.7. The van der Waals surface area contributed by atoms with Crippen LogP contribution in [0.4, 0.5) is 22.7 Å². The number of carbonyl (C=O) groups excluding carboxylic acids is 2. The van der Waals surface area contributed by atoms with Crippen molar-refractivity contribution in [1.29, 1.82) is 0 Å². The van der Waals surface area contributed by atoms with E-state index in [1.807, 2.05) is 0 Å². The SMILES string of the molecule is O=C(Nc1ccc(-c2nc3cc(NC(=O)c4ccc([N+](=O)[O-])cc4)ccc3o2)cc1)c1ccc([N+](=O)[O-])cc1. The number of nitrogens with zero attached hydrogens (tertiary/aromatic N) is 3. The van der Waals surface area contributed by atoms with Gasteiger partial charge in [-0.2, -0.15) is 0 Å². The van der Waals surface area contributed by atoms with Crippen molar-refractivity contribution in [3.63, 3.8) is 0 Å². The Morgan fingerprint density at radius 1 is 0.667 bits per heavy atom. The van der Waals surface area contributed by atoms with Gasteiger partial charge in [0.05, 0.1) is 9.85 Å². The highest BCUT2D eigenvalue weighted by atomic mass is 16.6. The molecule has 5 aromatic rings. The summed E-state index contributed by atoms with van der Waals surface area (Å²) in [5.41, 5.74) is 2.95. The minimum absolute atomic E-state index is 0.103. The number of amides is 2. The lowest BCUT2D eigenvalue weighted by atomic mass is 10.1. The molecule has 0 fully saturated rings. The third-order valence-corrected chi connectivity index (χ3v) is 5.72. The molecule has 12 nitrogen and oxygen atoms in total. The molecule has 192 valence electrons. The third kappa shape index (κ3) is 5.44. The monoisotopic (exact) mass is 523 g/mol. The fourth-order valence-corrected chi connectivity index (χ4v) is 3.70. The quantitative estimate of drug-likeness (QED) is 0.199. The second kappa shape index (κ2) is 10.2. The highest BCUT2D eigenvalue weighted by Crippen LogP contribution is 2.27. The van der Waals surface area contributed by atoms with Gasteiger partial charge in [0.1, 0.15) is 5.52 Å². The van der Waals surface area contributed by atoms with E-state index in [-0.39, 0.29) is 22.5 Å². The van der Waals surface area contributed by atoms with Crippen LogP contribution < -0.4 is 10.6 Å². The Kier molecular flexibility index (Phi) is 6.49. The lowest BCUT2D eigenvalue weighted by Crippen LogP contribution is -2.11. The summed E-state index contributed by atoms with van der Waals surface area (Å²) in [6.45, 7) is 0. The summed E-state index contributed by atoms with van der Waals surface area (Å²) in [5.74, 6) is -0.515. The molecule has 0 bridgehead atoms. The standard InChI is InChI=1S/C27H17N5O7/c33-25(16-3-10-21(11-4-16)31(35)36)28-19-7-1-18(2-8-19)27-30-23-15-20(9-14-24(23)39-27)29-26(34)17-5-12-22(13-6-17)32(37)38/h1-15H,(H,28,33)(H,29,34). The van der Waals surface area contributed by atoms with E-state index in [0.29, 0.717) is 33.9 Å². The van der Waals surface area contributed by atoms with Crippen LogP contribution in [0, 0.1) is 20.2 Å². The Morgan fingerprint density at radius 2 is 1.15 bits per heavy atom. The first-order valence-corrected chi connectivity index (χ1v) is 11.4. The minimum Gasteiger partial charge on any atom is -0.436 e. The summed E-state index contributed by atoms with van der Waals surface area (Å²) in [6.07, 6.45) is 0. The van der Waals surface area contributed by atoms with E-state index in [1.165, 1.54) is 48.5 Å². The molecule has 0 aliphatic carbocycles. The molecular formula is C27H17N5O7. The summed E-state index contributed by atoms with van der Waals surface area (Å²) in [6, 6.07) is 22.3. The summed E-state index contributed by atoms with van der Waals surface area (Å²) in [5, 5.41) is 27.0. The van der Waals surface area contributed by atoms with Crippen molar-refractivity contribution in [2.75, 3.05) is 10.6 Å². The zero-order valence-corrected chi connectivity index (χ0v) is 19.9. The van der Waals surface area contributed by atoms with Crippen molar-refractivity contribution in [1.82, 2.24) is 4.98 Å². The zero-order chi connectivity index (χ0) is 27.5. The van der Waals surface area contributed by atoms with Crippen LogP contribution in [-0.4, -0.2) is 26.6 Å². The fraction of sp³-hybridized carbons (Fsp3) is 0. The van der Waals surface area contributed by atoms with Gasteiger partial charge in [0, 0.05) is 52.3 Å². The number of non-ortho nitro benzene ring substituents is 2. The highest BCUT2D eigenvalue weighted by molar-refractivity contribution is 6.05. The number of hydrogen-bond acceptors (Lipinski definition) is 8. The maximum absolute atomic E-state index is 12.5. The number of aromatic nitrogens is 1. The van der Waals surface area contributed by atoms with Gasteiger partial charge in [-0.3, -0.25) is 29.8 Å². The van der Waals surface area contributed by atoms with Crippen LogP contribution in [0.25, 0.3) is 22.6 Å². The van der Waals surface area contributed by atoms with Crippen molar-refractivity contribution in [2.24, 2.45) is 0 Å². The van der Waals surface area contributed by atoms with Crippen LogP contribution in [0.2, 0.25) is 0 Å². The molecule has 0 aliphatic heterocycles. The largest absolute Gasteiger partial charge is 0.436 e. The molecule has 0 saturated carbocycles. The molecule has 5 rings (SSSR count). The van der Waals surface area contributed by atoms with Crippen LogP contribution >= 0.6 is 0 Å². The Bertz CT molecular complexity index is 1730. The molecule has 0 aliphatic rings. The highest BCUT2D eigenvalue weighted by Gasteiger charge is 2.14. The van der Waals surface area contributed by atoms with Gasteiger partial charge in [-0.1, -0.05) is 0 Å². The number of carbonyl (C=O) groups is 2. The second-order valence-corrected chi connectivity index (χ2v) is 8.30. The van der Waals surface area contributed by atoms with Crippen molar-refractivity contribution < 1.29 is 23.9 Å². The molecule has 1 heterocycles. The average molecular weight is 523 g/mol. The number of nitrogens with one attached hydrogen (secondary N) is 2. The van der Waals surface area contributed by atoms with Crippen LogP contribution in [-0.2, 0) is 0 Å². The number of oxazole rings is 1. The van der Waals surface area contributed by atoms with E-state index in [0.717, 1.165) is 0 Å². The van der Waals surface area contributed by atoms with Gasteiger partial charge in [0.25, 0.3) is 23.2 Å². The minimum atomic E-state index is -0.538. The Morgan fingerprint density at radius 3 is 1.67 bits per heavy atom.